The minimum Gasteiger partial charge on any atom is -0.349 e. The molecule has 1 aliphatic carbocycles. The van der Waals surface area contributed by atoms with Crippen LogP contribution >= 0.6 is 0 Å². The van der Waals surface area contributed by atoms with E-state index < -0.39 is 0 Å². The van der Waals surface area contributed by atoms with Crippen LogP contribution in [0.3, 0.4) is 0 Å². The maximum Gasteiger partial charge on any atom is 0.223 e. The molecule has 4 heteroatoms. The Morgan fingerprint density at radius 3 is 2.51 bits per heavy atom. The molecular weight excluding hydrogens is 454 g/mol. The second-order valence-electron chi connectivity index (χ2n) is 10.9. The molecule has 3 aromatic carbocycles. The first-order chi connectivity index (χ1) is 18.2. The molecule has 1 amide bonds. The molecule has 0 radical (unpaired) electrons. The molecule has 190 valence electrons. The Kier molecular flexibility index (Phi) is 6.84. The molecule has 6 rings (SSSR count). The zero-order chi connectivity index (χ0) is 25.2. The van der Waals surface area contributed by atoms with Gasteiger partial charge in [-0.15, -0.1) is 0 Å². The fourth-order valence-electron chi connectivity index (χ4n) is 6.32. The fourth-order valence-corrected chi connectivity index (χ4v) is 6.32. The first-order valence-corrected chi connectivity index (χ1v) is 13.9. The number of amides is 1. The Balaban J connectivity index is 1.12. The number of nitrogens with zero attached hydrogens (tertiary/aromatic N) is 2. The van der Waals surface area contributed by atoms with E-state index in [1.165, 1.54) is 38.9 Å². The lowest BCUT2D eigenvalue weighted by Crippen LogP contribution is -2.42. The third-order valence-electron chi connectivity index (χ3n) is 8.52. The van der Waals surface area contributed by atoms with E-state index >= 15 is 0 Å². The maximum absolute atomic E-state index is 13.2. The molecule has 1 aromatic heterocycles. The van der Waals surface area contributed by atoms with Crippen molar-refractivity contribution in [3.8, 4) is 0 Å². The monoisotopic (exact) mass is 491 g/mol. The summed E-state index contributed by atoms with van der Waals surface area (Å²) in [6, 6.07) is 28.5. The molecule has 0 unspecified atom stereocenters. The van der Waals surface area contributed by atoms with Crippen molar-refractivity contribution in [1.29, 1.82) is 0 Å². The number of carbonyl (C=O) groups excluding carboxylic acids is 1. The highest BCUT2D eigenvalue weighted by Crippen LogP contribution is 2.31. The molecule has 37 heavy (non-hydrogen) atoms. The molecule has 2 aliphatic rings. The molecule has 0 saturated carbocycles. The Morgan fingerprint density at radius 1 is 0.892 bits per heavy atom. The highest BCUT2D eigenvalue weighted by Gasteiger charge is 2.29. The highest BCUT2D eigenvalue weighted by atomic mass is 16.1. The lowest BCUT2D eigenvalue weighted by Gasteiger charge is -2.33. The van der Waals surface area contributed by atoms with Gasteiger partial charge in [-0.05, 0) is 91.9 Å². The maximum atomic E-state index is 13.2. The SMILES string of the molecule is Cc1ccccc1Cn1c(CN2CCC(C(=O)N[C@@H]3CCCc4ccccc43)CC2)cc2ccccc21. The van der Waals surface area contributed by atoms with Crippen molar-refractivity contribution in [3.63, 3.8) is 0 Å². The number of aromatic nitrogens is 1. The first-order valence-electron chi connectivity index (χ1n) is 13.9. The Bertz CT molecular complexity index is 1400. The topological polar surface area (TPSA) is 37.3 Å². The largest absolute Gasteiger partial charge is 0.349 e. The van der Waals surface area contributed by atoms with Gasteiger partial charge in [-0.1, -0.05) is 66.7 Å². The number of benzene rings is 3. The van der Waals surface area contributed by atoms with Crippen LogP contribution in [0.25, 0.3) is 10.9 Å². The van der Waals surface area contributed by atoms with Gasteiger partial charge in [0.1, 0.15) is 0 Å². The van der Waals surface area contributed by atoms with Crippen molar-refractivity contribution in [2.45, 2.75) is 58.2 Å². The van der Waals surface area contributed by atoms with Crippen LogP contribution < -0.4 is 5.32 Å². The molecule has 1 saturated heterocycles. The number of likely N-dealkylation sites (tertiary alicyclic amines) is 1. The number of rotatable bonds is 6. The van der Waals surface area contributed by atoms with E-state index in [1.54, 1.807) is 0 Å². The lowest BCUT2D eigenvalue weighted by atomic mass is 9.87. The predicted molar refractivity (Wildman–Crippen MR) is 150 cm³/mol. The lowest BCUT2D eigenvalue weighted by molar-refractivity contribution is -0.127. The van der Waals surface area contributed by atoms with Crippen LogP contribution in [0.2, 0.25) is 0 Å². The average Bonchev–Trinajstić information content (AvgIpc) is 3.27. The molecular formula is C33H37N3O. The Hall–Kier alpha value is -3.37. The summed E-state index contributed by atoms with van der Waals surface area (Å²) in [5.41, 5.74) is 8.06. The fraction of sp³-hybridized carbons (Fsp3) is 0.364. The van der Waals surface area contributed by atoms with Crippen molar-refractivity contribution in [1.82, 2.24) is 14.8 Å². The van der Waals surface area contributed by atoms with Crippen LogP contribution in [0.4, 0.5) is 0 Å². The highest BCUT2D eigenvalue weighted by molar-refractivity contribution is 5.81. The summed E-state index contributed by atoms with van der Waals surface area (Å²) in [6.07, 6.45) is 5.18. The van der Waals surface area contributed by atoms with Crippen molar-refractivity contribution in [2.75, 3.05) is 13.1 Å². The van der Waals surface area contributed by atoms with Crippen LogP contribution in [0.5, 0.6) is 0 Å². The number of hydrogen-bond acceptors (Lipinski definition) is 2. The predicted octanol–water partition coefficient (Wildman–Crippen LogP) is 6.40. The minimum atomic E-state index is 0.114. The second kappa shape index (κ2) is 10.5. The number of fused-ring (bicyclic) bond motifs is 2. The normalized spacial score (nSPS) is 18.6. The molecule has 2 heterocycles. The third-order valence-corrected chi connectivity index (χ3v) is 8.52. The molecule has 4 aromatic rings. The van der Waals surface area contributed by atoms with Crippen LogP contribution in [-0.4, -0.2) is 28.5 Å². The molecule has 0 bridgehead atoms. The van der Waals surface area contributed by atoms with Crippen LogP contribution in [0.1, 0.15) is 59.7 Å². The molecule has 0 spiro atoms. The van der Waals surface area contributed by atoms with Crippen LogP contribution in [-0.2, 0) is 24.3 Å². The van der Waals surface area contributed by atoms with Gasteiger partial charge in [0.25, 0.3) is 0 Å². The van der Waals surface area contributed by atoms with Gasteiger partial charge in [0.2, 0.25) is 5.91 Å². The number of carbonyl (C=O) groups is 1. The van der Waals surface area contributed by atoms with Gasteiger partial charge in [-0.25, -0.2) is 0 Å². The van der Waals surface area contributed by atoms with E-state index in [0.717, 1.165) is 58.3 Å². The third kappa shape index (κ3) is 5.08. The summed E-state index contributed by atoms with van der Waals surface area (Å²) >= 11 is 0. The van der Waals surface area contributed by atoms with Gasteiger partial charge in [0.05, 0.1) is 6.04 Å². The number of para-hydroxylation sites is 1. The standard InChI is InChI=1S/C33H37N3O/c1-24-9-2-3-12-28(24)22-36-29(21-27-11-5-7-16-32(27)36)23-35-19-17-26(18-20-35)33(37)34-31-15-8-13-25-10-4-6-14-30(25)31/h2-7,9-12,14,16,21,26,31H,8,13,15,17-20,22-23H2,1H3,(H,34,37)/t31-/m1/s1. The number of aryl methyl sites for hydroxylation is 2. The summed E-state index contributed by atoms with van der Waals surface area (Å²) < 4.78 is 2.48. The van der Waals surface area contributed by atoms with Gasteiger partial charge in [0, 0.05) is 30.2 Å². The van der Waals surface area contributed by atoms with E-state index in [2.05, 4.69) is 101 Å². The van der Waals surface area contributed by atoms with Crippen molar-refractivity contribution in [3.05, 3.63) is 107 Å². The zero-order valence-electron chi connectivity index (χ0n) is 21.8. The molecule has 1 aliphatic heterocycles. The molecule has 1 atom stereocenters. The van der Waals surface area contributed by atoms with Gasteiger partial charge in [0.15, 0.2) is 0 Å². The minimum absolute atomic E-state index is 0.114. The Morgan fingerprint density at radius 2 is 1.65 bits per heavy atom. The summed E-state index contributed by atoms with van der Waals surface area (Å²) in [7, 11) is 0. The van der Waals surface area contributed by atoms with E-state index in [1.807, 2.05) is 0 Å². The molecule has 1 N–H and O–H groups in total. The van der Waals surface area contributed by atoms with Gasteiger partial charge in [-0.2, -0.15) is 0 Å². The number of nitrogens with one attached hydrogen (secondary N) is 1. The molecule has 4 nitrogen and oxygen atoms in total. The van der Waals surface area contributed by atoms with Crippen LogP contribution in [0.15, 0.2) is 78.9 Å². The summed E-state index contributed by atoms with van der Waals surface area (Å²) in [4.78, 5) is 15.7. The van der Waals surface area contributed by atoms with E-state index in [4.69, 9.17) is 0 Å². The number of hydrogen-bond donors (Lipinski definition) is 1. The molecule has 1 fully saturated rings. The van der Waals surface area contributed by atoms with E-state index in [-0.39, 0.29) is 17.9 Å². The van der Waals surface area contributed by atoms with Gasteiger partial charge < -0.3 is 9.88 Å². The average molecular weight is 492 g/mol. The summed E-state index contributed by atoms with van der Waals surface area (Å²) in [6.45, 7) is 5.93. The van der Waals surface area contributed by atoms with Crippen molar-refractivity contribution >= 4 is 16.8 Å². The Labute approximate surface area is 220 Å². The smallest absolute Gasteiger partial charge is 0.223 e. The van der Waals surface area contributed by atoms with E-state index in [0.29, 0.717) is 0 Å². The van der Waals surface area contributed by atoms with Crippen molar-refractivity contribution in [2.24, 2.45) is 5.92 Å². The van der Waals surface area contributed by atoms with E-state index in [9.17, 15) is 4.79 Å². The second-order valence-corrected chi connectivity index (χ2v) is 10.9. The summed E-state index contributed by atoms with van der Waals surface area (Å²) in [5.74, 6) is 0.359. The van der Waals surface area contributed by atoms with Gasteiger partial charge in [-0.3, -0.25) is 9.69 Å². The van der Waals surface area contributed by atoms with Gasteiger partial charge >= 0.3 is 0 Å². The zero-order valence-corrected chi connectivity index (χ0v) is 21.8. The van der Waals surface area contributed by atoms with Crippen LogP contribution in [0, 0.1) is 12.8 Å². The first kappa shape index (κ1) is 24.0. The quantitative estimate of drug-likeness (QED) is 0.339. The van der Waals surface area contributed by atoms with Crippen molar-refractivity contribution < 1.29 is 4.79 Å². The summed E-state index contributed by atoms with van der Waals surface area (Å²) in [5, 5.41) is 4.71. The number of piperidine rings is 1.